The molecule has 0 bridgehead atoms. The summed E-state index contributed by atoms with van der Waals surface area (Å²) in [5, 5.41) is 8.87. The third-order valence-electron chi connectivity index (χ3n) is 2.78. The first-order valence-corrected chi connectivity index (χ1v) is 5.14. The van der Waals surface area contributed by atoms with E-state index in [0.29, 0.717) is 11.8 Å². The number of oxazole rings is 1. The minimum absolute atomic E-state index is 0.0636. The number of aromatic nitrogens is 1. The molecule has 0 aromatic carbocycles. The van der Waals surface area contributed by atoms with E-state index in [4.69, 9.17) is 9.52 Å². The van der Waals surface area contributed by atoms with Gasteiger partial charge in [0.2, 0.25) is 5.89 Å². The standard InChI is InChI=1S/C10H16N2O2/c1-2-12-5-3-4-9(12)10-11-6-8(7-13)14-10/h6,9,13H,2-5,7H2,1H3. The molecular formula is C10H16N2O2. The second-order valence-electron chi connectivity index (χ2n) is 3.61. The van der Waals surface area contributed by atoms with Crippen LogP contribution in [0.2, 0.25) is 0 Å². The van der Waals surface area contributed by atoms with Crippen molar-refractivity contribution < 1.29 is 9.52 Å². The number of hydrogen-bond acceptors (Lipinski definition) is 4. The van der Waals surface area contributed by atoms with E-state index in [2.05, 4.69) is 16.8 Å². The first-order chi connectivity index (χ1) is 6.85. The molecule has 1 saturated heterocycles. The molecule has 1 aromatic heterocycles. The maximum absolute atomic E-state index is 8.87. The second kappa shape index (κ2) is 4.11. The predicted molar refractivity (Wildman–Crippen MR) is 51.6 cm³/mol. The second-order valence-corrected chi connectivity index (χ2v) is 3.61. The molecule has 0 saturated carbocycles. The van der Waals surface area contributed by atoms with E-state index in [9.17, 15) is 0 Å². The van der Waals surface area contributed by atoms with Gasteiger partial charge in [0.1, 0.15) is 12.4 Å². The normalized spacial score (nSPS) is 23.1. The Balaban J connectivity index is 2.13. The van der Waals surface area contributed by atoms with Crippen molar-refractivity contribution in [2.24, 2.45) is 0 Å². The van der Waals surface area contributed by atoms with Crippen LogP contribution in [0.5, 0.6) is 0 Å². The molecule has 14 heavy (non-hydrogen) atoms. The van der Waals surface area contributed by atoms with Crippen LogP contribution in [-0.4, -0.2) is 28.1 Å². The lowest BCUT2D eigenvalue weighted by molar-refractivity contribution is 0.208. The molecule has 2 heterocycles. The van der Waals surface area contributed by atoms with E-state index in [1.54, 1.807) is 6.20 Å². The van der Waals surface area contributed by atoms with Gasteiger partial charge in [-0.05, 0) is 25.9 Å². The van der Waals surface area contributed by atoms with E-state index in [1.165, 1.54) is 6.42 Å². The minimum atomic E-state index is -0.0636. The zero-order chi connectivity index (χ0) is 9.97. The zero-order valence-electron chi connectivity index (χ0n) is 8.44. The van der Waals surface area contributed by atoms with Gasteiger partial charge in [0, 0.05) is 0 Å². The van der Waals surface area contributed by atoms with Crippen LogP contribution < -0.4 is 0 Å². The molecule has 1 aliphatic rings. The average Bonchev–Trinajstić information content (AvgIpc) is 2.85. The average molecular weight is 196 g/mol. The molecule has 1 unspecified atom stereocenters. The van der Waals surface area contributed by atoms with E-state index in [0.717, 1.165) is 25.4 Å². The van der Waals surface area contributed by atoms with Crippen molar-refractivity contribution in [1.29, 1.82) is 0 Å². The van der Waals surface area contributed by atoms with Crippen LogP contribution in [0.1, 0.15) is 37.5 Å². The number of hydrogen-bond donors (Lipinski definition) is 1. The first-order valence-electron chi connectivity index (χ1n) is 5.14. The fourth-order valence-electron chi connectivity index (χ4n) is 2.03. The Morgan fingerprint density at radius 3 is 3.21 bits per heavy atom. The van der Waals surface area contributed by atoms with E-state index < -0.39 is 0 Å². The van der Waals surface area contributed by atoms with Crippen molar-refractivity contribution in [2.75, 3.05) is 13.1 Å². The highest BCUT2D eigenvalue weighted by Gasteiger charge is 2.28. The predicted octanol–water partition coefficient (Wildman–Crippen LogP) is 1.32. The fourth-order valence-corrected chi connectivity index (χ4v) is 2.03. The van der Waals surface area contributed by atoms with Crippen molar-refractivity contribution in [3.63, 3.8) is 0 Å². The van der Waals surface area contributed by atoms with Gasteiger partial charge in [-0.25, -0.2) is 4.98 Å². The molecule has 0 aliphatic carbocycles. The lowest BCUT2D eigenvalue weighted by Crippen LogP contribution is -2.22. The summed E-state index contributed by atoms with van der Waals surface area (Å²) >= 11 is 0. The van der Waals surface area contributed by atoms with Crippen LogP contribution in [0, 0.1) is 0 Å². The maximum Gasteiger partial charge on any atom is 0.211 e. The third-order valence-corrected chi connectivity index (χ3v) is 2.78. The van der Waals surface area contributed by atoms with Crippen LogP contribution in [0.4, 0.5) is 0 Å². The van der Waals surface area contributed by atoms with Gasteiger partial charge >= 0.3 is 0 Å². The molecule has 2 rings (SSSR count). The van der Waals surface area contributed by atoms with Crippen molar-refractivity contribution in [3.8, 4) is 0 Å². The molecule has 1 N–H and O–H groups in total. The Morgan fingerprint density at radius 1 is 1.71 bits per heavy atom. The van der Waals surface area contributed by atoms with Gasteiger partial charge in [-0.3, -0.25) is 4.90 Å². The van der Waals surface area contributed by atoms with Gasteiger partial charge in [-0.15, -0.1) is 0 Å². The summed E-state index contributed by atoms with van der Waals surface area (Å²) in [6.07, 6.45) is 3.93. The Kier molecular flexibility index (Phi) is 2.84. The third kappa shape index (κ3) is 1.67. The number of rotatable bonds is 3. The van der Waals surface area contributed by atoms with Crippen molar-refractivity contribution >= 4 is 0 Å². The summed E-state index contributed by atoms with van der Waals surface area (Å²) in [6.45, 7) is 4.24. The van der Waals surface area contributed by atoms with Crippen LogP contribution in [-0.2, 0) is 6.61 Å². The van der Waals surface area contributed by atoms with Crippen molar-refractivity contribution in [2.45, 2.75) is 32.4 Å². The smallest absolute Gasteiger partial charge is 0.211 e. The molecule has 1 aromatic rings. The van der Waals surface area contributed by atoms with Gasteiger partial charge in [0.25, 0.3) is 0 Å². The van der Waals surface area contributed by atoms with E-state index >= 15 is 0 Å². The highest BCUT2D eigenvalue weighted by Crippen LogP contribution is 2.30. The van der Waals surface area contributed by atoms with E-state index in [1.807, 2.05) is 0 Å². The molecular weight excluding hydrogens is 180 g/mol. The highest BCUT2D eigenvalue weighted by molar-refractivity contribution is 4.99. The quantitative estimate of drug-likeness (QED) is 0.792. The molecule has 0 spiro atoms. The highest BCUT2D eigenvalue weighted by atomic mass is 16.4. The summed E-state index contributed by atoms with van der Waals surface area (Å²) in [5.74, 6) is 1.32. The number of aliphatic hydroxyl groups is 1. The van der Waals surface area contributed by atoms with Crippen LogP contribution in [0.15, 0.2) is 10.6 Å². The van der Waals surface area contributed by atoms with Gasteiger partial charge in [0.05, 0.1) is 12.2 Å². The molecule has 1 aliphatic heterocycles. The summed E-state index contributed by atoms with van der Waals surface area (Å²) in [6, 6.07) is 0.320. The summed E-state index contributed by atoms with van der Waals surface area (Å²) in [4.78, 5) is 6.55. The van der Waals surface area contributed by atoms with Crippen LogP contribution in [0.25, 0.3) is 0 Å². The fraction of sp³-hybridized carbons (Fsp3) is 0.700. The summed E-state index contributed by atoms with van der Waals surface area (Å²) < 4.78 is 5.45. The Bertz CT molecular complexity index is 298. The summed E-state index contributed by atoms with van der Waals surface area (Å²) in [7, 11) is 0. The van der Waals surface area contributed by atoms with Gasteiger partial charge in [0.15, 0.2) is 0 Å². The topological polar surface area (TPSA) is 49.5 Å². The largest absolute Gasteiger partial charge is 0.442 e. The van der Waals surface area contributed by atoms with E-state index in [-0.39, 0.29) is 6.61 Å². The van der Waals surface area contributed by atoms with Crippen molar-refractivity contribution in [1.82, 2.24) is 9.88 Å². The molecule has 1 fully saturated rings. The number of aliphatic hydroxyl groups excluding tert-OH is 1. The molecule has 4 heteroatoms. The van der Waals surface area contributed by atoms with Gasteiger partial charge in [-0.2, -0.15) is 0 Å². The minimum Gasteiger partial charge on any atom is -0.442 e. The molecule has 4 nitrogen and oxygen atoms in total. The monoisotopic (exact) mass is 196 g/mol. The van der Waals surface area contributed by atoms with Gasteiger partial charge < -0.3 is 9.52 Å². The van der Waals surface area contributed by atoms with Gasteiger partial charge in [-0.1, -0.05) is 6.92 Å². The summed E-state index contributed by atoms with van der Waals surface area (Å²) in [5.41, 5.74) is 0. The molecule has 1 atom stereocenters. The first kappa shape index (κ1) is 9.68. The Labute approximate surface area is 83.5 Å². The Hall–Kier alpha value is -0.870. The van der Waals surface area contributed by atoms with Crippen molar-refractivity contribution in [3.05, 3.63) is 17.8 Å². The number of likely N-dealkylation sites (tertiary alicyclic amines) is 1. The Morgan fingerprint density at radius 2 is 2.57 bits per heavy atom. The lowest BCUT2D eigenvalue weighted by Gasteiger charge is -2.19. The molecule has 0 radical (unpaired) electrons. The van der Waals surface area contributed by atoms with Crippen LogP contribution >= 0.6 is 0 Å². The zero-order valence-corrected chi connectivity index (χ0v) is 8.44. The lowest BCUT2D eigenvalue weighted by atomic mass is 10.2. The van der Waals surface area contributed by atoms with Crippen LogP contribution in [0.3, 0.4) is 0 Å². The number of nitrogens with zero attached hydrogens (tertiary/aromatic N) is 2. The molecule has 78 valence electrons. The molecule has 0 amide bonds. The maximum atomic E-state index is 8.87. The SMILES string of the molecule is CCN1CCCC1c1ncc(CO)o1.